The minimum atomic E-state index is 0.894. The Morgan fingerprint density at radius 1 is 1.03 bits per heavy atom. The Balaban J connectivity index is 1.35. The lowest BCUT2D eigenvalue weighted by atomic mass is 10.1. The van der Waals surface area contributed by atoms with Crippen LogP contribution in [0.1, 0.15) is 17.0 Å². The van der Waals surface area contributed by atoms with Crippen LogP contribution < -0.4 is 4.90 Å². The molecule has 29 heavy (non-hydrogen) atoms. The lowest BCUT2D eigenvalue weighted by Gasteiger charge is -2.35. The van der Waals surface area contributed by atoms with Crippen LogP contribution in [0.3, 0.4) is 0 Å². The van der Waals surface area contributed by atoms with Crippen LogP contribution in [-0.2, 0) is 6.54 Å². The number of aromatic nitrogens is 3. The zero-order chi connectivity index (χ0) is 19.8. The van der Waals surface area contributed by atoms with E-state index in [1.807, 2.05) is 19.9 Å². The Morgan fingerprint density at radius 3 is 2.55 bits per heavy atom. The van der Waals surface area contributed by atoms with Crippen molar-refractivity contribution in [3.05, 3.63) is 59.7 Å². The van der Waals surface area contributed by atoms with E-state index in [1.54, 1.807) is 17.7 Å². The fourth-order valence-corrected chi connectivity index (χ4v) is 4.91. The van der Waals surface area contributed by atoms with Gasteiger partial charge in [-0.2, -0.15) is 0 Å². The van der Waals surface area contributed by atoms with Crippen molar-refractivity contribution in [2.45, 2.75) is 20.4 Å². The molecule has 0 spiro atoms. The molecule has 6 nitrogen and oxygen atoms in total. The van der Waals surface area contributed by atoms with Crippen LogP contribution >= 0.6 is 11.3 Å². The number of benzene rings is 1. The van der Waals surface area contributed by atoms with Gasteiger partial charge in [0.05, 0.1) is 11.1 Å². The standard InChI is InChI=1S/C22H23N5OS/c1-15-19(16(2)28-25-15)13-26-8-10-27(11-9-26)21-18-12-20(17-6-4-3-5-7-17)29-22(18)24-14-23-21/h3-7,12,14H,8-11,13H2,1-2H3. The molecule has 1 aliphatic rings. The monoisotopic (exact) mass is 405 g/mol. The van der Waals surface area contributed by atoms with Crippen molar-refractivity contribution in [1.29, 1.82) is 0 Å². The van der Waals surface area contributed by atoms with Crippen molar-refractivity contribution in [2.24, 2.45) is 0 Å². The second kappa shape index (κ2) is 7.57. The fraction of sp³-hybridized carbons (Fsp3) is 0.318. The maximum Gasteiger partial charge on any atom is 0.140 e. The van der Waals surface area contributed by atoms with Gasteiger partial charge in [-0.25, -0.2) is 9.97 Å². The Labute approximate surface area is 173 Å². The topological polar surface area (TPSA) is 58.3 Å². The molecule has 1 aromatic carbocycles. The summed E-state index contributed by atoms with van der Waals surface area (Å²) in [4.78, 5) is 16.3. The van der Waals surface area contributed by atoms with E-state index in [2.05, 4.69) is 55.3 Å². The summed E-state index contributed by atoms with van der Waals surface area (Å²) >= 11 is 1.73. The maximum atomic E-state index is 5.31. The average molecular weight is 406 g/mol. The smallest absolute Gasteiger partial charge is 0.140 e. The van der Waals surface area contributed by atoms with E-state index in [4.69, 9.17) is 4.52 Å². The van der Waals surface area contributed by atoms with E-state index < -0.39 is 0 Å². The molecule has 0 bridgehead atoms. The first kappa shape index (κ1) is 18.3. The second-order valence-electron chi connectivity index (χ2n) is 7.46. The molecule has 4 aromatic rings. The van der Waals surface area contributed by atoms with Gasteiger partial charge in [0.1, 0.15) is 22.7 Å². The molecule has 5 rings (SSSR count). The highest BCUT2D eigenvalue weighted by atomic mass is 32.1. The Kier molecular flexibility index (Phi) is 4.77. The van der Waals surface area contributed by atoms with Gasteiger partial charge < -0.3 is 9.42 Å². The quantitative estimate of drug-likeness (QED) is 0.505. The van der Waals surface area contributed by atoms with Gasteiger partial charge in [0.2, 0.25) is 0 Å². The van der Waals surface area contributed by atoms with E-state index in [0.29, 0.717) is 0 Å². The molecule has 0 saturated carbocycles. The SMILES string of the molecule is Cc1noc(C)c1CN1CCN(c2ncnc3sc(-c4ccccc4)cc23)CC1. The molecular formula is C22H23N5OS. The number of anilines is 1. The van der Waals surface area contributed by atoms with Crippen molar-refractivity contribution in [2.75, 3.05) is 31.1 Å². The molecule has 7 heteroatoms. The summed E-state index contributed by atoms with van der Waals surface area (Å²) in [6, 6.07) is 12.7. The molecule has 0 amide bonds. The summed E-state index contributed by atoms with van der Waals surface area (Å²) in [6.07, 6.45) is 1.69. The number of fused-ring (bicyclic) bond motifs is 1. The van der Waals surface area contributed by atoms with Crippen LogP contribution in [0.25, 0.3) is 20.7 Å². The van der Waals surface area contributed by atoms with E-state index in [9.17, 15) is 0 Å². The predicted octanol–water partition coefficient (Wildman–Crippen LogP) is 4.29. The summed E-state index contributed by atoms with van der Waals surface area (Å²) in [7, 11) is 0. The van der Waals surface area contributed by atoms with E-state index in [0.717, 1.165) is 60.2 Å². The third kappa shape index (κ3) is 3.52. The van der Waals surface area contributed by atoms with Gasteiger partial charge in [0, 0.05) is 43.2 Å². The third-order valence-corrected chi connectivity index (χ3v) is 6.69. The highest BCUT2D eigenvalue weighted by molar-refractivity contribution is 7.21. The van der Waals surface area contributed by atoms with Crippen LogP contribution in [0, 0.1) is 13.8 Å². The number of piperazine rings is 1. The average Bonchev–Trinajstić information content (AvgIpc) is 3.33. The van der Waals surface area contributed by atoms with E-state index in [-0.39, 0.29) is 0 Å². The normalized spacial score (nSPS) is 15.3. The summed E-state index contributed by atoms with van der Waals surface area (Å²) in [5.74, 6) is 1.97. The van der Waals surface area contributed by atoms with Gasteiger partial charge in [-0.15, -0.1) is 11.3 Å². The van der Waals surface area contributed by atoms with Crippen LogP contribution in [0.5, 0.6) is 0 Å². The third-order valence-electron chi connectivity index (χ3n) is 5.60. The van der Waals surface area contributed by atoms with Crippen molar-refractivity contribution < 1.29 is 4.52 Å². The summed E-state index contributed by atoms with van der Waals surface area (Å²) < 4.78 is 5.31. The van der Waals surface area contributed by atoms with Crippen molar-refractivity contribution >= 4 is 27.4 Å². The number of hydrogen-bond acceptors (Lipinski definition) is 7. The lowest BCUT2D eigenvalue weighted by molar-refractivity contribution is 0.247. The van der Waals surface area contributed by atoms with Gasteiger partial charge in [0.25, 0.3) is 0 Å². The summed E-state index contributed by atoms with van der Waals surface area (Å²) in [5, 5.41) is 5.23. The number of rotatable bonds is 4. The predicted molar refractivity (Wildman–Crippen MR) is 116 cm³/mol. The molecule has 1 fully saturated rings. The minimum absolute atomic E-state index is 0.894. The Morgan fingerprint density at radius 2 is 1.83 bits per heavy atom. The van der Waals surface area contributed by atoms with Crippen molar-refractivity contribution in [3.63, 3.8) is 0 Å². The molecular weight excluding hydrogens is 382 g/mol. The van der Waals surface area contributed by atoms with Crippen LogP contribution in [0.4, 0.5) is 5.82 Å². The first-order valence-corrected chi connectivity index (χ1v) is 10.7. The fourth-order valence-electron chi connectivity index (χ4n) is 3.91. The molecule has 0 unspecified atom stereocenters. The van der Waals surface area contributed by atoms with Crippen LogP contribution in [0.2, 0.25) is 0 Å². The van der Waals surface area contributed by atoms with Gasteiger partial charge in [-0.05, 0) is 25.5 Å². The minimum Gasteiger partial charge on any atom is -0.361 e. The second-order valence-corrected chi connectivity index (χ2v) is 8.49. The first-order valence-electron chi connectivity index (χ1n) is 9.88. The van der Waals surface area contributed by atoms with Crippen molar-refractivity contribution in [3.8, 4) is 10.4 Å². The van der Waals surface area contributed by atoms with E-state index >= 15 is 0 Å². The molecule has 4 heterocycles. The van der Waals surface area contributed by atoms with E-state index in [1.165, 1.54) is 16.0 Å². The zero-order valence-electron chi connectivity index (χ0n) is 16.6. The molecule has 3 aromatic heterocycles. The largest absolute Gasteiger partial charge is 0.361 e. The Bertz CT molecular complexity index is 1110. The van der Waals surface area contributed by atoms with Crippen molar-refractivity contribution in [1.82, 2.24) is 20.0 Å². The number of hydrogen-bond donors (Lipinski definition) is 0. The molecule has 148 valence electrons. The number of thiophene rings is 1. The zero-order valence-corrected chi connectivity index (χ0v) is 17.4. The highest BCUT2D eigenvalue weighted by Gasteiger charge is 2.22. The van der Waals surface area contributed by atoms with Gasteiger partial charge in [0.15, 0.2) is 0 Å². The number of nitrogens with zero attached hydrogens (tertiary/aromatic N) is 5. The Hall–Kier alpha value is -2.77. The number of aryl methyl sites for hydroxylation is 2. The lowest BCUT2D eigenvalue weighted by Crippen LogP contribution is -2.46. The first-order chi connectivity index (χ1) is 14.2. The van der Waals surface area contributed by atoms with Gasteiger partial charge in [-0.3, -0.25) is 4.90 Å². The summed E-state index contributed by atoms with van der Waals surface area (Å²) in [6.45, 7) is 8.78. The molecule has 0 radical (unpaired) electrons. The molecule has 0 aliphatic carbocycles. The van der Waals surface area contributed by atoms with Crippen LogP contribution in [0.15, 0.2) is 47.2 Å². The molecule has 1 saturated heterocycles. The van der Waals surface area contributed by atoms with Gasteiger partial charge in [-0.1, -0.05) is 35.5 Å². The maximum absolute atomic E-state index is 5.31. The molecule has 0 atom stereocenters. The highest BCUT2D eigenvalue weighted by Crippen LogP contribution is 2.36. The molecule has 1 aliphatic heterocycles. The van der Waals surface area contributed by atoms with Crippen LogP contribution in [-0.4, -0.2) is 46.2 Å². The molecule has 0 N–H and O–H groups in total. The van der Waals surface area contributed by atoms with Gasteiger partial charge >= 0.3 is 0 Å². The summed E-state index contributed by atoms with van der Waals surface area (Å²) in [5.41, 5.74) is 3.44.